The van der Waals surface area contributed by atoms with E-state index in [0.717, 1.165) is 16.9 Å². The van der Waals surface area contributed by atoms with Gasteiger partial charge in [-0.05, 0) is 42.3 Å². The predicted octanol–water partition coefficient (Wildman–Crippen LogP) is 3.47. The van der Waals surface area contributed by atoms with Gasteiger partial charge in [0.15, 0.2) is 0 Å². The van der Waals surface area contributed by atoms with Crippen LogP contribution in [0.1, 0.15) is 6.92 Å². The van der Waals surface area contributed by atoms with Crippen LogP contribution in [0.4, 0.5) is 10.1 Å². The van der Waals surface area contributed by atoms with Crippen molar-refractivity contribution in [2.24, 2.45) is 0 Å². The molecule has 0 amide bonds. The lowest BCUT2D eigenvalue weighted by atomic mass is 10.1. The van der Waals surface area contributed by atoms with E-state index in [1.54, 1.807) is 12.1 Å². The summed E-state index contributed by atoms with van der Waals surface area (Å²) < 4.78 is 18.7. The highest BCUT2D eigenvalue weighted by molar-refractivity contribution is 5.66. The molecule has 0 fully saturated rings. The molecule has 2 aromatic rings. The lowest BCUT2D eigenvalue weighted by molar-refractivity contribution is 0.340. The molecular formula is C14H14FNO. The highest BCUT2D eigenvalue weighted by Gasteiger charge is 2.02. The van der Waals surface area contributed by atoms with Gasteiger partial charge in [0, 0.05) is 0 Å². The van der Waals surface area contributed by atoms with E-state index in [4.69, 9.17) is 10.5 Å². The van der Waals surface area contributed by atoms with Crippen LogP contribution in [0.15, 0.2) is 42.5 Å². The molecule has 88 valence electrons. The number of nitrogen functional groups attached to an aromatic ring is 1. The molecule has 0 aliphatic carbocycles. The van der Waals surface area contributed by atoms with Gasteiger partial charge in [0.25, 0.3) is 0 Å². The summed E-state index contributed by atoms with van der Waals surface area (Å²) in [5, 5.41) is 0. The fourth-order valence-corrected chi connectivity index (χ4v) is 1.62. The van der Waals surface area contributed by atoms with Crippen molar-refractivity contribution in [3.63, 3.8) is 0 Å². The lowest BCUT2D eigenvalue weighted by Crippen LogP contribution is -1.92. The maximum Gasteiger partial charge on any atom is 0.146 e. The summed E-state index contributed by atoms with van der Waals surface area (Å²) in [4.78, 5) is 0. The van der Waals surface area contributed by atoms with Crippen LogP contribution in [0, 0.1) is 5.82 Å². The first kappa shape index (κ1) is 11.5. The summed E-state index contributed by atoms with van der Waals surface area (Å²) >= 11 is 0. The minimum absolute atomic E-state index is 0.166. The molecule has 0 unspecified atom stereocenters. The Kier molecular flexibility index (Phi) is 3.28. The first-order valence-corrected chi connectivity index (χ1v) is 5.49. The molecule has 0 aromatic heterocycles. The smallest absolute Gasteiger partial charge is 0.146 e. The van der Waals surface area contributed by atoms with Crippen molar-refractivity contribution in [2.45, 2.75) is 6.92 Å². The van der Waals surface area contributed by atoms with Gasteiger partial charge in [0.1, 0.15) is 11.6 Å². The molecule has 0 atom stereocenters. The number of halogens is 1. The summed E-state index contributed by atoms with van der Waals surface area (Å²) in [7, 11) is 0. The zero-order valence-electron chi connectivity index (χ0n) is 9.61. The van der Waals surface area contributed by atoms with Gasteiger partial charge in [-0.2, -0.15) is 0 Å². The molecule has 0 aliphatic heterocycles. The molecule has 0 radical (unpaired) electrons. The van der Waals surface area contributed by atoms with E-state index in [1.165, 1.54) is 6.07 Å². The van der Waals surface area contributed by atoms with Crippen LogP contribution in [0.2, 0.25) is 0 Å². The first-order chi connectivity index (χ1) is 8.20. The number of ether oxygens (including phenoxy) is 1. The average Bonchev–Trinajstić information content (AvgIpc) is 2.34. The van der Waals surface area contributed by atoms with Gasteiger partial charge in [-0.3, -0.25) is 0 Å². The molecule has 17 heavy (non-hydrogen) atoms. The van der Waals surface area contributed by atoms with Crippen molar-refractivity contribution >= 4 is 5.69 Å². The minimum atomic E-state index is -0.392. The molecule has 2 nitrogen and oxygen atoms in total. The Morgan fingerprint density at radius 2 is 1.71 bits per heavy atom. The maximum absolute atomic E-state index is 13.3. The number of benzene rings is 2. The molecule has 0 spiro atoms. The molecule has 2 aromatic carbocycles. The number of rotatable bonds is 3. The second kappa shape index (κ2) is 4.87. The Morgan fingerprint density at radius 1 is 1.06 bits per heavy atom. The summed E-state index contributed by atoms with van der Waals surface area (Å²) in [6, 6.07) is 12.3. The molecule has 0 aliphatic rings. The van der Waals surface area contributed by atoms with Crippen LogP contribution in [-0.2, 0) is 0 Å². The van der Waals surface area contributed by atoms with E-state index >= 15 is 0 Å². The fraction of sp³-hybridized carbons (Fsp3) is 0.143. The third kappa shape index (κ3) is 2.56. The molecule has 0 bridgehead atoms. The van der Waals surface area contributed by atoms with Crippen molar-refractivity contribution in [1.82, 2.24) is 0 Å². The third-order valence-corrected chi connectivity index (χ3v) is 2.50. The van der Waals surface area contributed by atoms with Gasteiger partial charge in [-0.25, -0.2) is 4.39 Å². The van der Waals surface area contributed by atoms with Crippen molar-refractivity contribution < 1.29 is 9.13 Å². The van der Waals surface area contributed by atoms with Gasteiger partial charge in [-0.15, -0.1) is 0 Å². The zero-order valence-corrected chi connectivity index (χ0v) is 9.61. The van der Waals surface area contributed by atoms with Gasteiger partial charge >= 0.3 is 0 Å². The van der Waals surface area contributed by atoms with Crippen molar-refractivity contribution in [2.75, 3.05) is 12.3 Å². The summed E-state index contributed by atoms with van der Waals surface area (Å²) in [5.41, 5.74) is 7.34. The Morgan fingerprint density at radius 3 is 2.29 bits per heavy atom. The van der Waals surface area contributed by atoms with E-state index in [2.05, 4.69) is 0 Å². The largest absolute Gasteiger partial charge is 0.494 e. The number of anilines is 1. The average molecular weight is 231 g/mol. The Labute approximate surface area is 99.8 Å². The minimum Gasteiger partial charge on any atom is -0.494 e. The van der Waals surface area contributed by atoms with Crippen LogP contribution in [-0.4, -0.2) is 6.61 Å². The standard InChI is InChI=1S/C14H14FNO/c1-2-17-12-6-3-10(4-7-12)11-5-8-14(16)13(15)9-11/h3-9H,2,16H2,1H3. The fourth-order valence-electron chi connectivity index (χ4n) is 1.62. The van der Waals surface area contributed by atoms with Gasteiger partial charge in [0.05, 0.1) is 12.3 Å². The second-order valence-corrected chi connectivity index (χ2v) is 3.69. The normalized spacial score (nSPS) is 10.2. The molecule has 3 heteroatoms. The molecule has 0 saturated carbocycles. The monoisotopic (exact) mass is 231 g/mol. The van der Waals surface area contributed by atoms with Gasteiger partial charge < -0.3 is 10.5 Å². The SMILES string of the molecule is CCOc1ccc(-c2ccc(N)c(F)c2)cc1. The Hall–Kier alpha value is -2.03. The number of hydrogen-bond donors (Lipinski definition) is 1. The van der Waals surface area contributed by atoms with Crippen molar-refractivity contribution in [3.8, 4) is 16.9 Å². The number of nitrogens with two attached hydrogens (primary N) is 1. The summed E-state index contributed by atoms with van der Waals surface area (Å²) in [5.74, 6) is 0.420. The van der Waals surface area contributed by atoms with Gasteiger partial charge in [-0.1, -0.05) is 18.2 Å². The van der Waals surface area contributed by atoms with E-state index < -0.39 is 5.82 Å². The maximum atomic E-state index is 13.3. The van der Waals surface area contributed by atoms with Crippen molar-refractivity contribution in [3.05, 3.63) is 48.3 Å². The van der Waals surface area contributed by atoms with E-state index in [1.807, 2.05) is 31.2 Å². The highest BCUT2D eigenvalue weighted by Crippen LogP contribution is 2.24. The van der Waals surface area contributed by atoms with E-state index in [-0.39, 0.29) is 5.69 Å². The molecule has 0 saturated heterocycles. The highest BCUT2D eigenvalue weighted by atomic mass is 19.1. The Balaban J connectivity index is 2.30. The van der Waals surface area contributed by atoms with E-state index in [9.17, 15) is 4.39 Å². The van der Waals surface area contributed by atoms with Crippen LogP contribution in [0.25, 0.3) is 11.1 Å². The second-order valence-electron chi connectivity index (χ2n) is 3.69. The van der Waals surface area contributed by atoms with Crippen LogP contribution in [0.3, 0.4) is 0 Å². The predicted molar refractivity (Wildman–Crippen MR) is 67.4 cm³/mol. The molecule has 0 heterocycles. The van der Waals surface area contributed by atoms with E-state index in [0.29, 0.717) is 6.61 Å². The number of hydrogen-bond acceptors (Lipinski definition) is 2. The van der Waals surface area contributed by atoms with Crippen LogP contribution < -0.4 is 10.5 Å². The van der Waals surface area contributed by atoms with Crippen LogP contribution >= 0.6 is 0 Å². The van der Waals surface area contributed by atoms with Gasteiger partial charge in [0.2, 0.25) is 0 Å². The van der Waals surface area contributed by atoms with Crippen LogP contribution in [0.5, 0.6) is 5.75 Å². The summed E-state index contributed by atoms with van der Waals surface area (Å²) in [6.45, 7) is 2.57. The quantitative estimate of drug-likeness (QED) is 0.821. The first-order valence-electron chi connectivity index (χ1n) is 5.49. The summed E-state index contributed by atoms with van der Waals surface area (Å²) in [6.07, 6.45) is 0. The molecular weight excluding hydrogens is 217 g/mol. The molecule has 2 N–H and O–H groups in total. The van der Waals surface area contributed by atoms with Crippen molar-refractivity contribution in [1.29, 1.82) is 0 Å². The molecule has 2 rings (SSSR count). The third-order valence-electron chi connectivity index (χ3n) is 2.50. The lowest BCUT2D eigenvalue weighted by Gasteiger charge is -2.06. The topological polar surface area (TPSA) is 35.2 Å². The Bertz CT molecular complexity index is 508. The zero-order chi connectivity index (χ0) is 12.3.